The van der Waals surface area contributed by atoms with Gasteiger partial charge in [-0.05, 0) is 19.4 Å². The molecule has 0 fully saturated rings. The van der Waals surface area contributed by atoms with E-state index in [2.05, 4.69) is 24.4 Å². The summed E-state index contributed by atoms with van der Waals surface area (Å²) in [7, 11) is 2.01. The van der Waals surface area contributed by atoms with Gasteiger partial charge in [0, 0.05) is 6.04 Å². The van der Waals surface area contributed by atoms with Gasteiger partial charge in [0.1, 0.15) is 0 Å². The maximum absolute atomic E-state index is 3.22. The molecule has 0 spiro atoms. The van der Waals surface area contributed by atoms with Crippen molar-refractivity contribution >= 4 is 0 Å². The molecule has 1 heteroatoms. The average molecular weight is 111 g/mol. The second kappa shape index (κ2) is 2.31. The molecule has 1 aliphatic rings. The smallest absolute Gasteiger partial charge is 0.0310 e. The minimum Gasteiger partial charge on any atom is -0.313 e. The molecule has 0 heterocycles. The first kappa shape index (κ1) is 5.83. The highest BCUT2D eigenvalue weighted by molar-refractivity contribution is 5.12. The summed E-state index contributed by atoms with van der Waals surface area (Å²) < 4.78 is 0. The van der Waals surface area contributed by atoms with E-state index < -0.39 is 0 Å². The van der Waals surface area contributed by atoms with Crippen molar-refractivity contribution in [1.29, 1.82) is 0 Å². The molecule has 8 heavy (non-hydrogen) atoms. The predicted octanol–water partition coefficient (Wildman–Crippen LogP) is 1.17. The van der Waals surface area contributed by atoms with E-state index in [-0.39, 0.29) is 0 Å². The fourth-order valence-corrected chi connectivity index (χ4v) is 1.08. The summed E-state index contributed by atoms with van der Waals surface area (Å²) in [5.41, 5.74) is 0. The van der Waals surface area contributed by atoms with Crippen molar-refractivity contribution in [3.63, 3.8) is 0 Å². The monoisotopic (exact) mass is 111 g/mol. The van der Waals surface area contributed by atoms with Gasteiger partial charge in [0.2, 0.25) is 0 Å². The highest BCUT2D eigenvalue weighted by Gasteiger charge is 2.19. The van der Waals surface area contributed by atoms with Crippen molar-refractivity contribution in [2.45, 2.75) is 19.4 Å². The number of likely N-dealkylation sites (N-methyl/N-ethyl adjacent to an activating group) is 1. The third-order valence-corrected chi connectivity index (χ3v) is 1.83. The van der Waals surface area contributed by atoms with Gasteiger partial charge in [-0.25, -0.2) is 0 Å². The molecule has 2 unspecified atom stereocenters. The van der Waals surface area contributed by atoms with Crippen LogP contribution in [0, 0.1) is 5.92 Å². The van der Waals surface area contributed by atoms with Gasteiger partial charge in [0.15, 0.2) is 0 Å². The van der Waals surface area contributed by atoms with Crippen molar-refractivity contribution in [2.75, 3.05) is 7.05 Å². The van der Waals surface area contributed by atoms with Gasteiger partial charge in [-0.2, -0.15) is 0 Å². The van der Waals surface area contributed by atoms with Gasteiger partial charge in [-0.3, -0.25) is 0 Å². The van der Waals surface area contributed by atoms with E-state index in [1.54, 1.807) is 0 Å². The first-order valence-electron chi connectivity index (χ1n) is 3.24. The van der Waals surface area contributed by atoms with Gasteiger partial charge >= 0.3 is 0 Å². The van der Waals surface area contributed by atoms with E-state index >= 15 is 0 Å². The second-order valence-corrected chi connectivity index (χ2v) is 2.27. The highest BCUT2D eigenvalue weighted by Crippen LogP contribution is 2.20. The van der Waals surface area contributed by atoms with Crippen LogP contribution in [0.25, 0.3) is 0 Å². The van der Waals surface area contributed by atoms with Crippen LogP contribution < -0.4 is 5.32 Å². The Morgan fingerprint density at radius 2 is 2.25 bits per heavy atom. The van der Waals surface area contributed by atoms with Crippen LogP contribution in [0.4, 0.5) is 0 Å². The molecule has 0 radical (unpaired) electrons. The number of hydrogen-bond acceptors (Lipinski definition) is 1. The molecule has 0 aromatic heterocycles. The molecule has 0 amide bonds. The lowest BCUT2D eigenvalue weighted by Gasteiger charge is -2.27. The molecule has 1 aliphatic carbocycles. The van der Waals surface area contributed by atoms with Gasteiger partial charge < -0.3 is 5.32 Å². The minimum atomic E-state index is 0.667. The Balaban J connectivity index is 2.30. The fraction of sp³-hybridized carbons (Fsp3) is 0.714. The summed E-state index contributed by atoms with van der Waals surface area (Å²) in [6.07, 6.45) is 5.75. The summed E-state index contributed by atoms with van der Waals surface area (Å²) in [5, 5.41) is 3.22. The normalized spacial score (nSPS) is 34.8. The standard InChI is InChI=1S/C7H13N/c1-3-6-4-5-7(6)8-2/h4-8H,3H2,1-2H3. The summed E-state index contributed by atoms with van der Waals surface area (Å²) in [4.78, 5) is 0. The van der Waals surface area contributed by atoms with Gasteiger partial charge in [-0.1, -0.05) is 19.1 Å². The summed E-state index contributed by atoms with van der Waals surface area (Å²) in [5.74, 6) is 0.806. The van der Waals surface area contributed by atoms with Gasteiger partial charge in [0.05, 0.1) is 0 Å². The van der Waals surface area contributed by atoms with E-state index in [0.717, 1.165) is 5.92 Å². The van der Waals surface area contributed by atoms with E-state index in [9.17, 15) is 0 Å². The zero-order valence-electron chi connectivity index (χ0n) is 5.52. The highest BCUT2D eigenvalue weighted by atomic mass is 14.9. The summed E-state index contributed by atoms with van der Waals surface area (Å²) >= 11 is 0. The first-order chi connectivity index (χ1) is 3.88. The van der Waals surface area contributed by atoms with E-state index in [4.69, 9.17) is 0 Å². The van der Waals surface area contributed by atoms with E-state index in [0.29, 0.717) is 6.04 Å². The first-order valence-corrected chi connectivity index (χ1v) is 3.24. The lowest BCUT2D eigenvalue weighted by molar-refractivity contribution is 0.450. The van der Waals surface area contributed by atoms with Crippen molar-refractivity contribution in [1.82, 2.24) is 5.32 Å². The molecular weight excluding hydrogens is 98.1 g/mol. The Bertz CT molecular complexity index is 84.6. The van der Waals surface area contributed by atoms with E-state index in [1.807, 2.05) is 7.05 Å². The number of nitrogens with one attached hydrogen (secondary N) is 1. The molecule has 0 aromatic carbocycles. The summed E-state index contributed by atoms with van der Waals surface area (Å²) in [6.45, 7) is 2.22. The van der Waals surface area contributed by atoms with Crippen LogP contribution in [0.3, 0.4) is 0 Å². The third-order valence-electron chi connectivity index (χ3n) is 1.83. The molecule has 0 bridgehead atoms. The Morgan fingerprint density at radius 3 is 2.38 bits per heavy atom. The topological polar surface area (TPSA) is 12.0 Å². The van der Waals surface area contributed by atoms with Crippen LogP contribution >= 0.6 is 0 Å². The Hall–Kier alpha value is -0.300. The average Bonchev–Trinajstić information content (AvgIpc) is 1.66. The SMILES string of the molecule is CCC1C=CC1NC. The Morgan fingerprint density at radius 1 is 1.50 bits per heavy atom. The largest absolute Gasteiger partial charge is 0.313 e. The predicted molar refractivity (Wildman–Crippen MR) is 35.8 cm³/mol. The quantitative estimate of drug-likeness (QED) is 0.527. The molecule has 1 nitrogen and oxygen atoms in total. The third kappa shape index (κ3) is 0.781. The zero-order valence-corrected chi connectivity index (χ0v) is 5.52. The molecule has 1 rings (SSSR count). The minimum absolute atomic E-state index is 0.667. The van der Waals surface area contributed by atoms with Crippen LogP contribution in [0.1, 0.15) is 13.3 Å². The fourth-order valence-electron chi connectivity index (χ4n) is 1.08. The van der Waals surface area contributed by atoms with Gasteiger partial charge in [0.25, 0.3) is 0 Å². The number of hydrogen-bond donors (Lipinski definition) is 1. The summed E-state index contributed by atoms with van der Waals surface area (Å²) in [6, 6.07) is 0.667. The molecule has 0 saturated carbocycles. The lowest BCUT2D eigenvalue weighted by Crippen LogP contribution is -2.35. The van der Waals surface area contributed by atoms with Crippen LogP contribution in [-0.4, -0.2) is 13.1 Å². The molecule has 46 valence electrons. The Kier molecular flexibility index (Phi) is 1.69. The molecule has 1 N–H and O–H groups in total. The van der Waals surface area contributed by atoms with Crippen LogP contribution in [0.2, 0.25) is 0 Å². The van der Waals surface area contributed by atoms with Crippen molar-refractivity contribution in [3.8, 4) is 0 Å². The van der Waals surface area contributed by atoms with Crippen LogP contribution in [0.15, 0.2) is 12.2 Å². The van der Waals surface area contributed by atoms with Gasteiger partial charge in [-0.15, -0.1) is 0 Å². The van der Waals surface area contributed by atoms with E-state index in [1.165, 1.54) is 6.42 Å². The maximum Gasteiger partial charge on any atom is 0.0310 e. The van der Waals surface area contributed by atoms with Crippen molar-refractivity contribution < 1.29 is 0 Å². The zero-order chi connectivity index (χ0) is 5.98. The molecular formula is C7H13N. The van der Waals surface area contributed by atoms with Crippen LogP contribution in [0.5, 0.6) is 0 Å². The maximum atomic E-state index is 3.22. The molecule has 2 atom stereocenters. The molecule has 0 aliphatic heterocycles. The number of rotatable bonds is 2. The molecule has 0 aromatic rings. The lowest BCUT2D eigenvalue weighted by atomic mass is 9.87. The van der Waals surface area contributed by atoms with Crippen LogP contribution in [-0.2, 0) is 0 Å². The van der Waals surface area contributed by atoms with Crippen molar-refractivity contribution in [2.24, 2.45) is 5.92 Å². The second-order valence-electron chi connectivity index (χ2n) is 2.27. The van der Waals surface area contributed by atoms with Crippen molar-refractivity contribution in [3.05, 3.63) is 12.2 Å². The molecule has 0 saturated heterocycles. The Labute approximate surface area is 50.8 Å².